The first-order valence-electron chi connectivity index (χ1n) is 9.13. The molecule has 0 bridgehead atoms. The molecule has 0 spiro atoms. The number of rotatable bonds is 5. The molecule has 2 aromatic rings. The summed E-state index contributed by atoms with van der Waals surface area (Å²) in [5.41, 5.74) is 0.717. The van der Waals surface area contributed by atoms with Gasteiger partial charge < -0.3 is 15.0 Å². The third-order valence-corrected chi connectivity index (χ3v) is 4.96. The van der Waals surface area contributed by atoms with Crippen molar-refractivity contribution in [2.75, 3.05) is 18.4 Å². The molecule has 0 aromatic heterocycles. The molecular weight excluding hydrogens is 328 g/mol. The van der Waals surface area contributed by atoms with Gasteiger partial charge >= 0.3 is 0 Å². The molecule has 1 saturated carbocycles. The van der Waals surface area contributed by atoms with Gasteiger partial charge in [0, 0.05) is 18.8 Å². The lowest BCUT2D eigenvalue weighted by Gasteiger charge is -2.14. The number of benzene rings is 2. The minimum Gasteiger partial charge on any atom is -0.457 e. The van der Waals surface area contributed by atoms with Crippen LogP contribution in [-0.4, -0.2) is 29.8 Å². The number of ether oxygens (including phenoxy) is 1. The first kappa shape index (κ1) is 16.6. The van der Waals surface area contributed by atoms with Crippen LogP contribution < -0.4 is 10.1 Å². The standard InChI is InChI=1S/C21H22N2O3/c24-20(18-14-19(18)21(25)23-12-4-5-13-23)22-15-8-10-17(11-9-15)26-16-6-2-1-3-7-16/h1-3,6-11,18-19H,4-5,12-14H2,(H,22,24). The molecule has 4 rings (SSSR count). The molecule has 1 saturated heterocycles. The molecule has 26 heavy (non-hydrogen) atoms. The second-order valence-electron chi connectivity index (χ2n) is 6.91. The number of carbonyl (C=O) groups excluding carboxylic acids is 2. The maximum absolute atomic E-state index is 12.4. The topological polar surface area (TPSA) is 58.6 Å². The predicted octanol–water partition coefficient (Wildman–Crippen LogP) is 3.68. The van der Waals surface area contributed by atoms with E-state index in [4.69, 9.17) is 4.74 Å². The van der Waals surface area contributed by atoms with E-state index in [1.54, 1.807) is 0 Å². The van der Waals surface area contributed by atoms with E-state index in [-0.39, 0.29) is 23.7 Å². The van der Waals surface area contributed by atoms with Gasteiger partial charge in [0.15, 0.2) is 0 Å². The molecule has 1 N–H and O–H groups in total. The Morgan fingerprint density at radius 2 is 1.54 bits per heavy atom. The van der Waals surface area contributed by atoms with Gasteiger partial charge in [0.1, 0.15) is 11.5 Å². The van der Waals surface area contributed by atoms with E-state index < -0.39 is 0 Å². The maximum atomic E-state index is 12.4. The SMILES string of the molecule is O=C(Nc1ccc(Oc2ccccc2)cc1)C1CC1C(=O)N1CCCC1. The van der Waals surface area contributed by atoms with Crippen LogP contribution in [0.1, 0.15) is 19.3 Å². The number of anilines is 1. The van der Waals surface area contributed by atoms with Gasteiger partial charge in [-0.05, 0) is 55.7 Å². The molecule has 1 aliphatic carbocycles. The molecule has 2 fully saturated rings. The fourth-order valence-corrected chi connectivity index (χ4v) is 3.40. The van der Waals surface area contributed by atoms with E-state index in [2.05, 4.69) is 5.32 Å². The summed E-state index contributed by atoms with van der Waals surface area (Å²) in [4.78, 5) is 26.6. The average molecular weight is 350 g/mol. The predicted molar refractivity (Wildman–Crippen MR) is 99.0 cm³/mol. The van der Waals surface area contributed by atoms with Crippen LogP contribution in [-0.2, 0) is 9.59 Å². The molecule has 0 radical (unpaired) electrons. The minimum atomic E-state index is -0.191. The van der Waals surface area contributed by atoms with Crippen molar-refractivity contribution in [3.8, 4) is 11.5 Å². The van der Waals surface area contributed by atoms with Crippen LogP contribution in [0.15, 0.2) is 54.6 Å². The van der Waals surface area contributed by atoms with E-state index in [0.29, 0.717) is 12.2 Å². The third-order valence-electron chi connectivity index (χ3n) is 4.96. The average Bonchev–Trinajstić information content (AvgIpc) is 3.28. The third kappa shape index (κ3) is 3.72. The number of hydrogen-bond acceptors (Lipinski definition) is 3. The van der Waals surface area contributed by atoms with Gasteiger partial charge in [-0.3, -0.25) is 9.59 Å². The summed E-state index contributed by atoms with van der Waals surface area (Å²) in [7, 11) is 0. The highest BCUT2D eigenvalue weighted by Gasteiger charge is 2.49. The summed E-state index contributed by atoms with van der Waals surface area (Å²) >= 11 is 0. The summed E-state index contributed by atoms with van der Waals surface area (Å²) in [5.74, 6) is 1.24. The van der Waals surface area contributed by atoms with Crippen molar-refractivity contribution in [1.82, 2.24) is 4.90 Å². The fourth-order valence-electron chi connectivity index (χ4n) is 3.40. The lowest BCUT2D eigenvalue weighted by atomic mass is 10.2. The Kier molecular flexibility index (Phi) is 4.61. The van der Waals surface area contributed by atoms with Gasteiger partial charge in [0.05, 0.1) is 11.8 Å². The summed E-state index contributed by atoms with van der Waals surface area (Å²) in [6.07, 6.45) is 2.82. The Morgan fingerprint density at radius 3 is 2.23 bits per heavy atom. The zero-order valence-corrected chi connectivity index (χ0v) is 14.6. The molecule has 134 valence electrons. The van der Waals surface area contributed by atoms with Crippen LogP contribution in [0.3, 0.4) is 0 Å². The second-order valence-corrected chi connectivity index (χ2v) is 6.91. The first-order valence-corrected chi connectivity index (χ1v) is 9.13. The quantitative estimate of drug-likeness (QED) is 0.895. The summed E-state index contributed by atoms with van der Waals surface area (Å²) in [6, 6.07) is 16.8. The van der Waals surface area contributed by atoms with Crippen molar-refractivity contribution in [2.45, 2.75) is 19.3 Å². The van der Waals surface area contributed by atoms with Gasteiger partial charge in [-0.2, -0.15) is 0 Å². The molecule has 2 amide bonds. The van der Waals surface area contributed by atoms with Crippen LogP contribution in [0.4, 0.5) is 5.69 Å². The van der Waals surface area contributed by atoms with Gasteiger partial charge in [-0.25, -0.2) is 0 Å². The Morgan fingerprint density at radius 1 is 0.885 bits per heavy atom. The van der Waals surface area contributed by atoms with Crippen LogP contribution in [0.5, 0.6) is 11.5 Å². The fraction of sp³-hybridized carbons (Fsp3) is 0.333. The number of carbonyl (C=O) groups is 2. The Balaban J connectivity index is 1.30. The molecule has 2 unspecified atom stereocenters. The number of nitrogens with zero attached hydrogens (tertiary/aromatic N) is 1. The van der Waals surface area contributed by atoms with E-state index in [9.17, 15) is 9.59 Å². The largest absolute Gasteiger partial charge is 0.457 e. The zero-order chi connectivity index (χ0) is 17.9. The van der Waals surface area contributed by atoms with Crippen molar-refractivity contribution < 1.29 is 14.3 Å². The lowest BCUT2D eigenvalue weighted by Crippen LogP contribution is -2.30. The molecule has 1 heterocycles. The Hall–Kier alpha value is -2.82. The number of hydrogen-bond donors (Lipinski definition) is 1. The van der Waals surface area contributed by atoms with Crippen molar-refractivity contribution in [1.29, 1.82) is 0 Å². The van der Waals surface area contributed by atoms with Gasteiger partial charge in [0.25, 0.3) is 0 Å². The number of amides is 2. The molecule has 5 heteroatoms. The Labute approximate surface area is 153 Å². The Bertz CT molecular complexity index is 783. The lowest BCUT2D eigenvalue weighted by molar-refractivity contribution is -0.133. The van der Waals surface area contributed by atoms with Crippen molar-refractivity contribution in [3.63, 3.8) is 0 Å². The van der Waals surface area contributed by atoms with Gasteiger partial charge in [0.2, 0.25) is 11.8 Å². The number of para-hydroxylation sites is 1. The first-order chi connectivity index (χ1) is 12.7. The molecule has 5 nitrogen and oxygen atoms in total. The normalized spacial score (nSPS) is 21.3. The van der Waals surface area contributed by atoms with E-state index in [0.717, 1.165) is 37.4 Å². The molecule has 1 aliphatic heterocycles. The summed E-state index contributed by atoms with van der Waals surface area (Å²) < 4.78 is 5.74. The van der Waals surface area contributed by atoms with Crippen LogP contribution in [0.2, 0.25) is 0 Å². The monoisotopic (exact) mass is 350 g/mol. The summed E-state index contributed by atoms with van der Waals surface area (Å²) in [5, 5.41) is 2.91. The molecule has 2 aliphatic rings. The van der Waals surface area contributed by atoms with Crippen LogP contribution in [0, 0.1) is 11.8 Å². The number of likely N-dealkylation sites (tertiary alicyclic amines) is 1. The van der Waals surface area contributed by atoms with Gasteiger partial charge in [-0.1, -0.05) is 18.2 Å². The van der Waals surface area contributed by atoms with Crippen molar-refractivity contribution in [3.05, 3.63) is 54.6 Å². The van der Waals surface area contributed by atoms with E-state index >= 15 is 0 Å². The summed E-state index contributed by atoms with van der Waals surface area (Å²) in [6.45, 7) is 1.68. The molecule has 2 aromatic carbocycles. The highest BCUT2D eigenvalue weighted by Crippen LogP contribution is 2.41. The zero-order valence-electron chi connectivity index (χ0n) is 14.6. The van der Waals surface area contributed by atoms with Crippen molar-refractivity contribution >= 4 is 17.5 Å². The second kappa shape index (κ2) is 7.20. The minimum absolute atomic E-state index is 0.0701. The molecular formula is C21H22N2O3. The highest BCUT2D eigenvalue weighted by atomic mass is 16.5. The smallest absolute Gasteiger partial charge is 0.228 e. The highest BCUT2D eigenvalue weighted by molar-refractivity contribution is 5.99. The van der Waals surface area contributed by atoms with Gasteiger partial charge in [-0.15, -0.1) is 0 Å². The molecule has 2 atom stereocenters. The maximum Gasteiger partial charge on any atom is 0.228 e. The van der Waals surface area contributed by atoms with Crippen LogP contribution >= 0.6 is 0 Å². The van der Waals surface area contributed by atoms with Crippen LogP contribution in [0.25, 0.3) is 0 Å². The van der Waals surface area contributed by atoms with E-state index in [1.165, 1.54) is 0 Å². The number of nitrogens with one attached hydrogen (secondary N) is 1. The van der Waals surface area contributed by atoms with E-state index in [1.807, 2.05) is 59.5 Å². The van der Waals surface area contributed by atoms with Crippen molar-refractivity contribution in [2.24, 2.45) is 11.8 Å².